The normalized spacial score (nSPS) is 19.3. The lowest BCUT2D eigenvalue weighted by molar-refractivity contribution is -0.114. The van der Waals surface area contributed by atoms with Crippen molar-refractivity contribution >= 4 is 40.9 Å². The van der Waals surface area contributed by atoms with Crippen LogP contribution in [0.15, 0.2) is 62.1 Å². The van der Waals surface area contributed by atoms with Crippen LogP contribution in [0.4, 0.5) is 5.69 Å². The van der Waals surface area contributed by atoms with Gasteiger partial charge in [-0.3, -0.25) is 9.59 Å². The van der Waals surface area contributed by atoms with Crippen molar-refractivity contribution in [2.45, 2.75) is 42.9 Å². The van der Waals surface area contributed by atoms with Gasteiger partial charge in [-0.15, -0.1) is 0 Å². The van der Waals surface area contributed by atoms with Gasteiger partial charge in [0.05, 0.1) is 9.92 Å². The van der Waals surface area contributed by atoms with Crippen LogP contribution in [0.25, 0.3) is 0 Å². The molecule has 0 saturated heterocycles. The molecular weight excluding hydrogens is 374 g/mol. The fourth-order valence-corrected chi connectivity index (χ4v) is 5.90. The summed E-state index contributed by atoms with van der Waals surface area (Å²) in [5.74, 6) is -0.362. The highest BCUT2D eigenvalue weighted by atomic mass is 32.2. The number of nitrogens with zero attached hydrogens (tertiary/aromatic N) is 1. The molecule has 0 aromatic heterocycles. The number of hydrogen-bond acceptors (Lipinski definition) is 4. The minimum atomic E-state index is -0.194. The number of fused-ring (bicyclic) bond motifs is 2. The molecule has 5 heteroatoms. The summed E-state index contributed by atoms with van der Waals surface area (Å²) >= 11 is 3.07. The van der Waals surface area contributed by atoms with E-state index in [9.17, 15) is 9.59 Å². The van der Waals surface area contributed by atoms with Crippen molar-refractivity contribution in [3.8, 4) is 0 Å². The molecule has 0 saturated carbocycles. The van der Waals surface area contributed by atoms with Crippen molar-refractivity contribution in [1.82, 2.24) is 0 Å². The fraction of sp³-hybridized carbons (Fsp3) is 0.273. The predicted octanol–water partition coefficient (Wildman–Crippen LogP) is 5.64. The molecule has 2 aromatic carbocycles. The summed E-state index contributed by atoms with van der Waals surface area (Å²) in [6.07, 6.45) is 0. The van der Waals surface area contributed by atoms with Crippen LogP contribution in [-0.4, -0.2) is 18.2 Å². The molecule has 2 heterocycles. The van der Waals surface area contributed by atoms with Crippen LogP contribution < -0.4 is 4.90 Å². The number of ketones is 1. The van der Waals surface area contributed by atoms with Crippen LogP contribution >= 0.6 is 23.5 Å². The first-order valence-corrected chi connectivity index (χ1v) is 10.6. The molecule has 0 fully saturated rings. The maximum atomic E-state index is 13.1. The fourth-order valence-electron chi connectivity index (χ4n) is 3.33. The number of Topliss-reactive ketones (excluding diaryl/α,β-unsaturated/α-hetero) is 1. The van der Waals surface area contributed by atoms with Gasteiger partial charge < -0.3 is 4.90 Å². The Balaban J connectivity index is 1.80. The van der Waals surface area contributed by atoms with Gasteiger partial charge in [0.1, 0.15) is 5.57 Å². The molecular formula is C22H21NO2S2. The second-order valence-electron chi connectivity index (χ2n) is 7.67. The van der Waals surface area contributed by atoms with Crippen LogP contribution in [0.5, 0.6) is 0 Å². The van der Waals surface area contributed by atoms with E-state index in [1.165, 1.54) is 17.3 Å². The van der Waals surface area contributed by atoms with Gasteiger partial charge in [0.25, 0.3) is 5.91 Å². The highest BCUT2D eigenvalue weighted by Crippen LogP contribution is 2.54. The first-order valence-electron chi connectivity index (χ1n) is 9.01. The molecule has 0 atom stereocenters. The standard InChI is InChI=1S/C22H21NO2S2/c1-5-23-15-9-7-6-8-14(15)19(24)18(20(23)25)21-26-16-11-10-13(22(2,3)4)12-17(16)27-21/h6-12H,5H2,1-4H3. The van der Waals surface area contributed by atoms with E-state index >= 15 is 0 Å². The Kier molecular flexibility index (Phi) is 4.47. The average molecular weight is 396 g/mol. The summed E-state index contributed by atoms with van der Waals surface area (Å²) in [7, 11) is 0. The molecule has 4 rings (SSSR count). The molecule has 2 aliphatic heterocycles. The van der Waals surface area contributed by atoms with E-state index in [4.69, 9.17) is 0 Å². The molecule has 0 unspecified atom stereocenters. The van der Waals surface area contributed by atoms with E-state index < -0.39 is 0 Å². The number of hydrogen-bond donors (Lipinski definition) is 0. The monoisotopic (exact) mass is 395 g/mol. The zero-order valence-corrected chi connectivity index (χ0v) is 17.5. The van der Waals surface area contributed by atoms with E-state index in [1.807, 2.05) is 31.2 Å². The maximum absolute atomic E-state index is 13.1. The lowest BCUT2D eigenvalue weighted by Gasteiger charge is -2.29. The number of likely N-dealkylation sites (N-methyl/N-ethyl adjacent to an activating group) is 1. The number of thioether (sulfide) groups is 2. The Bertz CT molecular complexity index is 1000. The van der Waals surface area contributed by atoms with E-state index in [0.29, 0.717) is 23.4 Å². The second-order valence-corrected chi connectivity index (χ2v) is 10.0. The highest BCUT2D eigenvalue weighted by Gasteiger charge is 2.38. The molecule has 138 valence electrons. The topological polar surface area (TPSA) is 37.4 Å². The molecule has 0 bridgehead atoms. The van der Waals surface area contributed by atoms with Gasteiger partial charge in [-0.25, -0.2) is 0 Å². The number of carbonyl (C=O) groups excluding carboxylic acids is 2. The van der Waals surface area contributed by atoms with Crippen LogP contribution in [-0.2, 0) is 10.2 Å². The first kappa shape index (κ1) is 18.4. The van der Waals surface area contributed by atoms with Crippen molar-refractivity contribution in [2.24, 2.45) is 0 Å². The second kappa shape index (κ2) is 6.57. The third-order valence-electron chi connectivity index (χ3n) is 4.86. The molecule has 2 aromatic rings. The van der Waals surface area contributed by atoms with E-state index in [1.54, 1.807) is 16.7 Å². The average Bonchev–Trinajstić information content (AvgIpc) is 3.04. The zero-order chi connectivity index (χ0) is 19.3. The van der Waals surface area contributed by atoms with E-state index in [0.717, 1.165) is 14.0 Å². The number of amides is 1. The molecule has 1 amide bonds. The van der Waals surface area contributed by atoms with Gasteiger partial charge in [-0.2, -0.15) is 0 Å². The molecule has 27 heavy (non-hydrogen) atoms. The summed E-state index contributed by atoms with van der Waals surface area (Å²) in [4.78, 5) is 30.2. The molecule has 2 aliphatic rings. The Morgan fingerprint density at radius 3 is 2.37 bits per heavy atom. The Hall–Kier alpha value is -1.98. The maximum Gasteiger partial charge on any atom is 0.263 e. The molecule has 0 spiro atoms. The van der Waals surface area contributed by atoms with Crippen LogP contribution in [0.2, 0.25) is 0 Å². The zero-order valence-electron chi connectivity index (χ0n) is 15.8. The van der Waals surface area contributed by atoms with Crippen LogP contribution in [0, 0.1) is 0 Å². The summed E-state index contributed by atoms with van der Waals surface area (Å²) in [5, 5.41) is 0. The van der Waals surface area contributed by atoms with Gasteiger partial charge >= 0.3 is 0 Å². The lowest BCUT2D eigenvalue weighted by atomic mass is 9.87. The minimum absolute atomic E-state index is 0.0601. The Morgan fingerprint density at radius 1 is 0.963 bits per heavy atom. The highest BCUT2D eigenvalue weighted by molar-refractivity contribution is 8.24. The van der Waals surface area contributed by atoms with E-state index in [-0.39, 0.29) is 17.1 Å². The first-order chi connectivity index (χ1) is 12.8. The van der Waals surface area contributed by atoms with Gasteiger partial charge in [0, 0.05) is 21.9 Å². The molecule has 0 radical (unpaired) electrons. The number of carbonyl (C=O) groups is 2. The summed E-state index contributed by atoms with van der Waals surface area (Å²) in [5.41, 5.74) is 2.93. The minimum Gasteiger partial charge on any atom is -0.308 e. The number of anilines is 1. The van der Waals surface area contributed by atoms with Crippen LogP contribution in [0.1, 0.15) is 43.6 Å². The van der Waals surface area contributed by atoms with Crippen molar-refractivity contribution in [3.63, 3.8) is 0 Å². The molecule has 0 aliphatic carbocycles. The van der Waals surface area contributed by atoms with Crippen molar-refractivity contribution in [2.75, 3.05) is 11.4 Å². The predicted molar refractivity (Wildman–Crippen MR) is 113 cm³/mol. The summed E-state index contributed by atoms with van der Waals surface area (Å²) in [6, 6.07) is 13.8. The van der Waals surface area contributed by atoms with Crippen molar-refractivity contribution in [3.05, 3.63) is 63.4 Å². The Morgan fingerprint density at radius 2 is 1.67 bits per heavy atom. The summed E-state index contributed by atoms with van der Waals surface area (Å²) in [6.45, 7) is 9.03. The van der Waals surface area contributed by atoms with Crippen molar-refractivity contribution < 1.29 is 9.59 Å². The number of rotatable bonds is 1. The van der Waals surface area contributed by atoms with Gasteiger partial charge in [-0.05, 0) is 42.2 Å². The summed E-state index contributed by atoms with van der Waals surface area (Å²) < 4.78 is 0.791. The molecule has 0 N–H and O–H groups in total. The quantitative estimate of drug-likeness (QED) is 0.462. The third-order valence-corrected chi connectivity index (χ3v) is 7.40. The number of para-hydroxylation sites is 1. The van der Waals surface area contributed by atoms with Crippen LogP contribution in [0.3, 0.4) is 0 Å². The number of benzene rings is 2. The SMILES string of the molecule is CCN1C(=O)C(=C2Sc3ccc(C(C)(C)C)cc3S2)C(=O)c2ccccc21. The Labute approximate surface area is 168 Å². The largest absolute Gasteiger partial charge is 0.308 e. The van der Waals surface area contributed by atoms with Crippen molar-refractivity contribution in [1.29, 1.82) is 0 Å². The smallest absolute Gasteiger partial charge is 0.263 e. The molecule has 3 nitrogen and oxygen atoms in total. The van der Waals surface area contributed by atoms with Gasteiger partial charge in [0.2, 0.25) is 5.78 Å². The van der Waals surface area contributed by atoms with E-state index in [2.05, 4.69) is 39.0 Å². The van der Waals surface area contributed by atoms with Gasteiger partial charge in [-0.1, -0.05) is 62.5 Å². The lowest BCUT2D eigenvalue weighted by Crippen LogP contribution is -2.39. The van der Waals surface area contributed by atoms with Gasteiger partial charge in [0.15, 0.2) is 0 Å². The third kappa shape index (κ3) is 3.03.